The minimum atomic E-state index is -0.681. The van der Waals surface area contributed by atoms with Crippen LogP contribution in [0.1, 0.15) is 24.8 Å². The molecule has 0 N–H and O–H groups in total. The third kappa shape index (κ3) is 5.96. The van der Waals surface area contributed by atoms with Crippen LogP contribution in [0.2, 0.25) is 0 Å². The molecule has 0 amide bonds. The molecule has 0 aliphatic rings. The molecule has 7 heteroatoms. The van der Waals surface area contributed by atoms with Crippen molar-refractivity contribution in [3.05, 3.63) is 46.0 Å². The lowest BCUT2D eigenvalue weighted by atomic mass is 10.1. The van der Waals surface area contributed by atoms with Gasteiger partial charge in [0.05, 0.1) is 23.0 Å². The number of ether oxygens (including phenoxy) is 1. The van der Waals surface area contributed by atoms with Gasteiger partial charge in [0.1, 0.15) is 18.8 Å². The average molecular weight is 302 g/mol. The molecule has 0 aliphatic carbocycles. The minimum Gasteiger partial charge on any atom is -0.464 e. The largest absolute Gasteiger partial charge is 0.464 e. The van der Waals surface area contributed by atoms with Crippen LogP contribution in [0.15, 0.2) is 30.3 Å². The van der Waals surface area contributed by atoms with E-state index in [1.807, 2.05) is 6.07 Å². The summed E-state index contributed by atoms with van der Waals surface area (Å²) in [7, 11) is 0. The number of allylic oxidation sites excluding steroid dienone is 1. The number of hydrogen-bond donors (Lipinski definition) is 0. The predicted octanol–water partition coefficient (Wildman–Crippen LogP) is 2.41. The van der Waals surface area contributed by atoms with Crippen molar-refractivity contribution < 1.29 is 19.2 Å². The van der Waals surface area contributed by atoms with Gasteiger partial charge in [0, 0.05) is 12.5 Å². The molecule has 0 heterocycles. The standard InChI is InChI=1S/C15H14N2O5/c16-9-4-10-22-15(19)11-13(18)7-3-6-12-5-1-2-8-14(12)17(20)21/h1-3,5-6,8H,4,7,10-11H2. The number of benzene rings is 1. The van der Waals surface area contributed by atoms with Gasteiger partial charge in [0.15, 0.2) is 0 Å². The van der Waals surface area contributed by atoms with Gasteiger partial charge in [0.2, 0.25) is 0 Å². The van der Waals surface area contributed by atoms with Gasteiger partial charge in [0.25, 0.3) is 5.69 Å². The van der Waals surface area contributed by atoms with Crippen LogP contribution in [-0.4, -0.2) is 23.3 Å². The summed E-state index contributed by atoms with van der Waals surface area (Å²) in [5.74, 6) is -1.05. The molecule has 1 aromatic carbocycles. The summed E-state index contributed by atoms with van der Waals surface area (Å²) in [6, 6.07) is 7.96. The lowest BCUT2D eigenvalue weighted by Crippen LogP contribution is -2.11. The van der Waals surface area contributed by atoms with E-state index >= 15 is 0 Å². The lowest BCUT2D eigenvalue weighted by molar-refractivity contribution is -0.385. The number of carbonyl (C=O) groups is 2. The number of nitro groups is 1. The molecule has 0 saturated heterocycles. The summed E-state index contributed by atoms with van der Waals surface area (Å²) in [6.45, 7) is -0.0331. The zero-order valence-corrected chi connectivity index (χ0v) is 11.7. The van der Waals surface area contributed by atoms with Gasteiger partial charge < -0.3 is 4.74 Å². The topological polar surface area (TPSA) is 110 Å². The number of rotatable bonds is 8. The van der Waals surface area contributed by atoms with E-state index in [-0.39, 0.29) is 37.3 Å². The number of hydrogen-bond acceptors (Lipinski definition) is 6. The fourth-order valence-corrected chi connectivity index (χ4v) is 1.61. The Morgan fingerprint density at radius 2 is 2.09 bits per heavy atom. The molecule has 0 saturated carbocycles. The van der Waals surface area contributed by atoms with Crippen LogP contribution < -0.4 is 0 Å². The Kier molecular flexibility index (Phi) is 6.99. The number of nitriles is 1. The molecule has 0 aliphatic heterocycles. The first-order valence-corrected chi connectivity index (χ1v) is 6.49. The Morgan fingerprint density at radius 1 is 1.36 bits per heavy atom. The number of esters is 1. The summed E-state index contributed by atoms with van der Waals surface area (Å²) in [5, 5.41) is 19.1. The molecular weight excluding hydrogens is 288 g/mol. The Bertz CT molecular complexity index is 631. The maximum Gasteiger partial charge on any atom is 0.313 e. The summed E-state index contributed by atoms with van der Waals surface area (Å²) in [4.78, 5) is 33.1. The first-order valence-electron chi connectivity index (χ1n) is 6.49. The van der Waals surface area contributed by atoms with E-state index < -0.39 is 10.9 Å². The molecule has 0 aromatic heterocycles. The molecule has 0 spiro atoms. The van der Waals surface area contributed by atoms with Gasteiger partial charge in [-0.3, -0.25) is 19.7 Å². The Balaban J connectivity index is 2.49. The van der Waals surface area contributed by atoms with Crippen LogP contribution in [0.25, 0.3) is 6.08 Å². The van der Waals surface area contributed by atoms with E-state index in [9.17, 15) is 19.7 Å². The maximum atomic E-state index is 11.5. The van der Waals surface area contributed by atoms with E-state index in [0.29, 0.717) is 5.56 Å². The van der Waals surface area contributed by atoms with Crippen molar-refractivity contribution in [2.75, 3.05) is 6.61 Å². The molecule has 0 fully saturated rings. The highest BCUT2D eigenvalue weighted by Gasteiger charge is 2.11. The van der Waals surface area contributed by atoms with E-state index in [2.05, 4.69) is 4.74 Å². The van der Waals surface area contributed by atoms with Crippen molar-refractivity contribution in [3.8, 4) is 6.07 Å². The smallest absolute Gasteiger partial charge is 0.313 e. The lowest BCUT2D eigenvalue weighted by Gasteiger charge is -2.00. The van der Waals surface area contributed by atoms with Crippen molar-refractivity contribution in [3.63, 3.8) is 0 Å². The molecule has 0 unspecified atom stereocenters. The molecule has 22 heavy (non-hydrogen) atoms. The highest BCUT2D eigenvalue weighted by atomic mass is 16.6. The van der Waals surface area contributed by atoms with Gasteiger partial charge in [-0.25, -0.2) is 0 Å². The quantitative estimate of drug-likeness (QED) is 0.240. The molecule has 0 atom stereocenters. The summed E-state index contributed by atoms with van der Waals surface area (Å²) in [5.41, 5.74) is 0.332. The number of ketones is 1. The van der Waals surface area contributed by atoms with Crippen molar-refractivity contribution in [1.82, 2.24) is 0 Å². The van der Waals surface area contributed by atoms with Crippen LogP contribution in [0.3, 0.4) is 0 Å². The number of para-hydroxylation sites is 1. The van der Waals surface area contributed by atoms with E-state index in [4.69, 9.17) is 5.26 Å². The number of Topliss-reactive ketones (excluding diaryl/α,β-unsaturated/α-hetero) is 1. The van der Waals surface area contributed by atoms with Gasteiger partial charge >= 0.3 is 5.97 Å². The second-order valence-electron chi connectivity index (χ2n) is 4.27. The van der Waals surface area contributed by atoms with Crippen LogP contribution in [0.4, 0.5) is 5.69 Å². The number of nitrogens with zero attached hydrogens (tertiary/aromatic N) is 2. The highest BCUT2D eigenvalue weighted by molar-refractivity contribution is 5.96. The van der Waals surface area contributed by atoms with Crippen LogP contribution >= 0.6 is 0 Å². The predicted molar refractivity (Wildman–Crippen MR) is 77.6 cm³/mol. The molecule has 7 nitrogen and oxygen atoms in total. The molecule has 1 aromatic rings. The van der Waals surface area contributed by atoms with Gasteiger partial charge in [-0.05, 0) is 6.07 Å². The Morgan fingerprint density at radius 3 is 2.77 bits per heavy atom. The van der Waals surface area contributed by atoms with Gasteiger partial charge in [-0.15, -0.1) is 0 Å². The zero-order chi connectivity index (χ0) is 16.4. The SMILES string of the molecule is N#CCCOC(=O)CC(=O)CC=Cc1ccccc1[N+](=O)[O-]. The minimum absolute atomic E-state index is 0.0284. The molecule has 114 valence electrons. The van der Waals surface area contributed by atoms with Crippen LogP contribution in [-0.2, 0) is 14.3 Å². The second kappa shape index (κ2) is 9.02. The third-order valence-electron chi connectivity index (χ3n) is 2.59. The number of carbonyl (C=O) groups excluding carboxylic acids is 2. The Hall–Kier alpha value is -3.01. The molecular formula is C15H14N2O5. The zero-order valence-electron chi connectivity index (χ0n) is 11.7. The second-order valence-corrected chi connectivity index (χ2v) is 4.27. The van der Waals surface area contributed by atoms with E-state index in [0.717, 1.165) is 0 Å². The van der Waals surface area contributed by atoms with Gasteiger partial charge in [-0.1, -0.05) is 24.3 Å². The summed E-state index contributed by atoms with van der Waals surface area (Å²) < 4.78 is 4.67. The average Bonchev–Trinajstić information content (AvgIpc) is 2.47. The normalized spacial score (nSPS) is 10.1. The summed E-state index contributed by atoms with van der Waals surface area (Å²) in [6.07, 6.45) is 2.60. The van der Waals surface area contributed by atoms with E-state index in [1.54, 1.807) is 18.2 Å². The molecule has 1 rings (SSSR count). The van der Waals surface area contributed by atoms with Crippen molar-refractivity contribution in [2.45, 2.75) is 19.3 Å². The monoisotopic (exact) mass is 302 g/mol. The highest BCUT2D eigenvalue weighted by Crippen LogP contribution is 2.19. The molecule has 0 radical (unpaired) electrons. The van der Waals surface area contributed by atoms with Crippen LogP contribution in [0.5, 0.6) is 0 Å². The molecule has 0 bridgehead atoms. The fraction of sp³-hybridized carbons (Fsp3) is 0.267. The third-order valence-corrected chi connectivity index (χ3v) is 2.59. The van der Waals surface area contributed by atoms with Gasteiger partial charge in [-0.2, -0.15) is 5.26 Å². The first-order chi connectivity index (χ1) is 10.5. The maximum absolute atomic E-state index is 11.5. The first kappa shape index (κ1) is 17.0. The Labute approximate surface area is 127 Å². The summed E-state index contributed by atoms with van der Waals surface area (Å²) >= 11 is 0. The number of nitro benzene ring substituents is 1. The van der Waals surface area contributed by atoms with E-state index in [1.165, 1.54) is 18.2 Å². The van der Waals surface area contributed by atoms with Crippen molar-refractivity contribution in [2.24, 2.45) is 0 Å². The van der Waals surface area contributed by atoms with Crippen LogP contribution in [0, 0.1) is 21.4 Å². The van der Waals surface area contributed by atoms with Crippen molar-refractivity contribution >= 4 is 23.5 Å². The van der Waals surface area contributed by atoms with Crippen molar-refractivity contribution in [1.29, 1.82) is 5.26 Å². The fourth-order valence-electron chi connectivity index (χ4n) is 1.61.